The zero-order chi connectivity index (χ0) is 23.7. The van der Waals surface area contributed by atoms with Crippen molar-refractivity contribution in [2.75, 3.05) is 5.73 Å². The summed E-state index contributed by atoms with van der Waals surface area (Å²) in [5.74, 6) is 0.406. The van der Waals surface area contributed by atoms with Gasteiger partial charge in [0, 0.05) is 41.0 Å². The zero-order valence-corrected chi connectivity index (χ0v) is 19.9. The van der Waals surface area contributed by atoms with Crippen molar-refractivity contribution in [3.8, 4) is 10.6 Å². The summed E-state index contributed by atoms with van der Waals surface area (Å²) in [6.45, 7) is 4.99. The lowest BCUT2D eigenvalue weighted by Gasteiger charge is -2.09. The maximum Gasteiger partial charge on any atom is 0.253 e. The number of amides is 1. The summed E-state index contributed by atoms with van der Waals surface area (Å²) in [7, 11) is 0. The van der Waals surface area contributed by atoms with Crippen molar-refractivity contribution < 1.29 is 4.79 Å². The van der Waals surface area contributed by atoms with Gasteiger partial charge in [0.15, 0.2) is 0 Å². The molecule has 0 aliphatic rings. The molecule has 0 fully saturated rings. The molecule has 3 N–H and O–H groups in total. The van der Waals surface area contributed by atoms with E-state index in [9.17, 15) is 4.79 Å². The Bertz CT molecular complexity index is 1490. The summed E-state index contributed by atoms with van der Waals surface area (Å²) in [4.78, 5) is 22.0. The third-order valence-corrected chi connectivity index (χ3v) is 6.92. The predicted molar refractivity (Wildman–Crippen MR) is 138 cm³/mol. The highest BCUT2D eigenvalue weighted by atomic mass is 32.1. The molecule has 6 nitrogen and oxygen atoms in total. The maximum absolute atomic E-state index is 13.1. The van der Waals surface area contributed by atoms with E-state index < -0.39 is 0 Å². The van der Waals surface area contributed by atoms with Crippen LogP contribution in [-0.2, 0) is 13.1 Å². The van der Waals surface area contributed by atoms with Crippen LogP contribution < -0.4 is 11.1 Å². The Hall–Kier alpha value is -3.97. The highest BCUT2D eigenvalue weighted by Crippen LogP contribution is 2.25. The van der Waals surface area contributed by atoms with Gasteiger partial charge in [-0.2, -0.15) is 0 Å². The number of fused-ring (bicyclic) bond motifs is 1. The molecular weight excluding hydrogens is 442 g/mol. The number of nitrogens with one attached hydrogen (secondary N) is 1. The van der Waals surface area contributed by atoms with Crippen LogP contribution in [0.2, 0.25) is 0 Å². The highest BCUT2D eigenvalue weighted by Gasteiger charge is 2.18. The number of carbonyl (C=O) groups is 1. The van der Waals surface area contributed by atoms with Crippen molar-refractivity contribution in [2.45, 2.75) is 26.9 Å². The molecule has 0 spiro atoms. The number of thiazole rings is 1. The van der Waals surface area contributed by atoms with Gasteiger partial charge in [-0.1, -0.05) is 42.5 Å². The predicted octanol–water partition coefficient (Wildman–Crippen LogP) is 5.34. The molecule has 34 heavy (non-hydrogen) atoms. The third kappa shape index (κ3) is 4.30. The summed E-state index contributed by atoms with van der Waals surface area (Å²) in [6.07, 6.45) is 3.72. The number of benzene rings is 2. The number of rotatable bonds is 6. The summed E-state index contributed by atoms with van der Waals surface area (Å²) >= 11 is 1.64. The monoisotopic (exact) mass is 467 g/mol. The number of hydrogen-bond acceptors (Lipinski definition) is 5. The van der Waals surface area contributed by atoms with E-state index in [1.807, 2.05) is 62.5 Å². The minimum atomic E-state index is -0.0868. The molecule has 0 saturated heterocycles. The lowest BCUT2D eigenvalue weighted by Crippen LogP contribution is -2.24. The van der Waals surface area contributed by atoms with Crippen molar-refractivity contribution in [3.05, 3.63) is 100 Å². The van der Waals surface area contributed by atoms with E-state index in [-0.39, 0.29) is 5.91 Å². The molecule has 5 rings (SSSR count). The number of anilines is 1. The smallest absolute Gasteiger partial charge is 0.253 e. The Morgan fingerprint density at radius 1 is 1.12 bits per heavy atom. The molecule has 170 valence electrons. The maximum atomic E-state index is 13.1. The van der Waals surface area contributed by atoms with Crippen LogP contribution in [0.1, 0.15) is 32.9 Å². The van der Waals surface area contributed by atoms with E-state index in [0.717, 1.165) is 43.9 Å². The molecule has 0 aliphatic heterocycles. The molecule has 5 aromatic rings. The van der Waals surface area contributed by atoms with Gasteiger partial charge < -0.3 is 15.6 Å². The number of aryl methyl sites for hydroxylation is 1. The molecule has 2 aromatic carbocycles. The number of carbonyl (C=O) groups excluding carboxylic acids is 1. The van der Waals surface area contributed by atoms with Crippen molar-refractivity contribution in [2.24, 2.45) is 0 Å². The average molecular weight is 468 g/mol. The molecule has 0 saturated carbocycles. The fourth-order valence-corrected chi connectivity index (χ4v) is 5.03. The normalized spacial score (nSPS) is 11.1. The second kappa shape index (κ2) is 9.11. The first-order valence-corrected chi connectivity index (χ1v) is 11.9. The van der Waals surface area contributed by atoms with Crippen LogP contribution in [0.25, 0.3) is 21.3 Å². The van der Waals surface area contributed by atoms with Crippen molar-refractivity contribution in [1.82, 2.24) is 19.9 Å². The van der Waals surface area contributed by atoms with Crippen LogP contribution in [0.3, 0.4) is 0 Å². The van der Waals surface area contributed by atoms with Crippen LogP contribution in [0, 0.1) is 13.8 Å². The summed E-state index contributed by atoms with van der Waals surface area (Å²) in [6, 6.07) is 18.1. The fraction of sp³-hybridized carbons (Fsp3) is 0.148. The van der Waals surface area contributed by atoms with Crippen LogP contribution >= 0.6 is 11.3 Å². The number of nitrogens with two attached hydrogens (primary N) is 1. The average Bonchev–Trinajstić information content (AvgIpc) is 3.42. The first-order chi connectivity index (χ1) is 16.5. The Morgan fingerprint density at radius 3 is 2.76 bits per heavy atom. The van der Waals surface area contributed by atoms with E-state index in [0.29, 0.717) is 24.5 Å². The van der Waals surface area contributed by atoms with Gasteiger partial charge in [-0.25, -0.2) is 9.97 Å². The van der Waals surface area contributed by atoms with Gasteiger partial charge in [0.05, 0.1) is 17.8 Å². The van der Waals surface area contributed by atoms with Gasteiger partial charge in [0.1, 0.15) is 10.8 Å². The lowest BCUT2D eigenvalue weighted by atomic mass is 10.1. The fourth-order valence-electron chi connectivity index (χ4n) is 4.22. The zero-order valence-electron chi connectivity index (χ0n) is 19.1. The first-order valence-electron chi connectivity index (χ1n) is 11.1. The molecule has 0 bridgehead atoms. The van der Waals surface area contributed by atoms with Crippen molar-refractivity contribution >= 4 is 33.8 Å². The Balaban J connectivity index is 1.30. The SMILES string of the molecule is Cc1cn(Cc2csc(-c3ccccc3)n2)c(C)c1C(=O)NCc1ccc2ccnc(N)c2c1. The summed E-state index contributed by atoms with van der Waals surface area (Å²) in [5.41, 5.74) is 11.7. The topological polar surface area (TPSA) is 85.8 Å². The minimum absolute atomic E-state index is 0.0868. The van der Waals surface area contributed by atoms with Crippen LogP contribution in [0.15, 0.2) is 72.4 Å². The van der Waals surface area contributed by atoms with E-state index in [1.165, 1.54) is 0 Å². The lowest BCUT2D eigenvalue weighted by molar-refractivity contribution is 0.0949. The number of nitrogen functional groups attached to an aromatic ring is 1. The Morgan fingerprint density at radius 2 is 1.94 bits per heavy atom. The van der Waals surface area contributed by atoms with Gasteiger partial charge in [-0.05, 0) is 42.5 Å². The second-order valence-corrected chi connectivity index (χ2v) is 9.20. The first kappa shape index (κ1) is 21.9. The molecular formula is C27H25N5OS. The molecule has 0 unspecified atom stereocenters. The quantitative estimate of drug-likeness (QED) is 0.353. The molecule has 1 amide bonds. The van der Waals surface area contributed by atoms with Crippen molar-refractivity contribution in [1.29, 1.82) is 0 Å². The molecule has 0 radical (unpaired) electrons. The third-order valence-electron chi connectivity index (χ3n) is 5.98. The molecule has 0 atom stereocenters. The highest BCUT2D eigenvalue weighted by molar-refractivity contribution is 7.13. The van der Waals surface area contributed by atoms with E-state index >= 15 is 0 Å². The minimum Gasteiger partial charge on any atom is -0.383 e. The van der Waals surface area contributed by atoms with Gasteiger partial charge in [-0.3, -0.25) is 4.79 Å². The number of pyridine rings is 1. The molecule has 0 aliphatic carbocycles. The molecule has 7 heteroatoms. The van der Waals surface area contributed by atoms with Gasteiger partial charge in [0.25, 0.3) is 5.91 Å². The van der Waals surface area contributed by atoms with Crippen LogP contribution in [-0.4, -0.2) is 20.4 Å². The summed E-state index contributed by atoms with van der Waals surface area (Å²) in [5, 5.41) is 8.06. The largest absolute Gasteiger partial charge is 0.383 e. The number of hydrogen-bond donors (Lipinski definition) is 2. The Labute approximate surface area is 202 Å². The second-order valence-electron chi connectivity index (χ2n) is 8.34. The van der Waals surface area contributed by atoms with Gasteiger partial charge >= 0.3 is 0 Å². The van der Waals surface area contributed by atoms with Crippen LogP contribution in [0.5, 0.6) is 0 Å². The van der Waals surface area contributed by atoms with Gasteiger partial charge in [0.2, 0.25) is 0 Å². The van der Waals surface area contributed by atoms with E-state index in [1.54, 1.807) is 17.5 Å². The van der Waals surface area contributed by atoms with E-state index in [2.05, 4.69) is 32.4 Å². The molecule has 3 aromatic heterocycles. The standard InChI is InChI=1S/C27H25N5OS/c1-17-14-32(15-22-16-34-27(31-22)21-6-4-3-5-7-21)18(2)24(17)26(33)30-13-19-8-9-20-10-11-29-25(28)23(20)12-19/h3-12,14,16H,13,15H2,1-2H3,(H2,28,29)(H,30,33). The van der Waals surface area contributed by atoms with Gasteiger partial charge in [-0.15, -0.1) is 11.3 Å². The molecule has 3 heterocycles. The Kier molecular flexibility index (Phi) is 5.86. The van der Waals surface area contributed by atoms with Crippen LogP contribution in [0.4, 0.5) is 5.82 Å². The van der Waals surface area contributed by atoms with E-state index in [4.69, 9.17) is 10.7 Å². The summed E-state index contributed by atoms with van der Waals surface area (Å²) < 4.78 is 2.09. The number of nitrogens with zero attached hydrogens (tertiary/aromatic N) is 3. The number of aromatic nitrogens is 3. The van der Waals surface area contributed by atoms with Crippen molar-refractivity contribution in [3.63, 3.8) is 0 Å².